The van der Waals surface area contributed by atoms with E-state index in [1.54, 1.807) is 6.07 Å². The van der Waals surface area contributed by atoms with Crippen LogP contribution in [-0.4, -0.2) is 35.9 Å². The number of carbonyl (C=O) groups is 1. The SMILES string of the molecule is Cc1c(NCCc2noc3ccccc23)cccc1C(=O)NCCO. The highest BCUT2D eigenvalue weighted by atomic mass is 16.5. The van der Waals surface area contributed by atoms with Gasteiger partial charge in [-0.2, -0.15) is 0 Å². The van der Waals surface area contributed by atoms with Crippen molar-refractivity contribution in [2.45, 2.75) is 13.3 Å². The molecule has 0 saturated carbocycles. The van der Waals surface area contributed by atoms with E-state index in [0.717, 1.165) is 34.3 Å². The predicted molar refractivity (Wildman–Crippen MR) is 96.8 cm³/mol. The summed E-state index contributed by atoms with van der Waals surface area (Å²) < 4.78 is 5.31. The minimum absolute atomic E-state index is 0.0750. The van der Waals surface area contributed by atoms with Gasteiger partial charge >= 0.3 is 0 Å². The molecule has 1 heterocycles. The molecule has 3 N–H and O–H groups in total. The normalized spacial score (nSPS) is 10.8. The van der Waals surface area contributed by atoms with Crippen molar-refractivity contribution in [3.8, 4) is 0 Å². The standard InChI is InChI=1S/C19H21N3O3/c1-13-14(19(24)21-11-12-23)6-4-7-16(13)20-10-9-17-15-5-2-3-8-18(15)25-22-17/h2-8,20,23H,9-12H2,1H3,(H,21,24). The second-order valence-electron chi connectivity index (χ2n) is 5.76. The molecule has 0 bridgehead atoms. The lowest BCUT2D eigenvalue weighted by Crippen LogP contribution is -2.27. The van der Waals surface area contributed by atoms with Crippen molar-refractivity contribution in [2.75, 3.05) is 25.0 Å². The Labute approximate surface area is 145 Å². The van der Waals surface area contributed by atoms with E-state index in [1.165, 1.54) is 0 Å². The van der Waals surface area contributed by atoms with Gasteiger partial charge in [-0.1, -0.05) is 23.4 Å². The number of para-hydroxylation sites is 1. The molecule has 3 aromatic rings. The number of amides is 1. The van der Waals surface area contributed by atoms with E-state index in [-0.39, 0.29) is 19.1 Å². The largest absolute Gasteiger partial charge is 0.395 e. The molecule has 0 aliphatic heterocycles. The maximum Gasteiger partial charge on any atom is 0.251 e. The second kappa shape index (κ2) is 7.81. The van der Waals surface area contributed by atoms with Gasteiger partial charge in [0.25, 0.3) is 5.91 Å². The molecular formula is C19H21N3O3. The smallest absolute Gasteiger partial charge is 0.251 e. The second-order valence-corrected chi connectivity index (χ2v) is 5.76. The molecule has 6 heteroatoms. The van der Waals surface area contributed by atoms with E-state index in [2.05, 4.69) is 15.8 Å². The van der Waals surface area contributed by atoms with Crippen molar-refractivity contribution in [2.24, 2.45) is 0 Å². The van der Waals surface area contributed by atoms with Crippen LogP contribution < -0.4 is 10.6 Å². The summed E-state index contributed by atoms with van der Waals surface area (Å²) in [6, 6.07) is 13.4. The quantitative estimate of drug-likeness (QED) is 0.616. The molecule has 1 amide bonds. The van der Waals surface area contributed by atoms with Gasteiger partial charge in [0.05, 0.1) is 12.3 Å². The van der Waals surface area contributed by atoms with Gasteiger partial charge in [0.1, 0.15) is 0 Å². The van der Waals surface area contributed by atoms with E-state index >= 15 is 0 Å². The summed E-state index contributed by atoms with van der Waals surface area (Å²) in [4.78, 5) is 12.1. The topological polar surface area (TPSA) is 87.4 Å². The number of nitrogens with one attached hydrogen (secondary N) is 2. The zero-order valence-electron chi connectivity index (χ0n) is 14.1. The summed E-state index contributed by atoms with van der Waals surface area (Å²) in [5.41, 5.74) is 4.09. The number of hydrogen-bond donors (Lipinski definition) is 3. The molecule has 0 radical (unpaired) electrons. The molecule has 0 spiro atoms. The Bertz CT molecular complexity index is 873. The average Bonchev–Trinajstić information content (AvgIpc) is 3.04. The molecule has 1 aromatic heterocycles. The lowest BCUT2D eigenvalue weighted by atomic mass is 10.1. The number of carbonyl (C=O) groups excluding carboxylic acids is 1. The van der Waals surface area contributed by atoms with Crippen molar-refractivity contribution >= 4 is 22.6 Å². The van der Waals surface area contributed by atoms with Gasteiger partial charge < -0.3 is 20.3 Å². The molecule has 6 nitrogen and oxygen atoms in total. The fourth-order valence-electron chi connectivity index (χ4n) is 2.77. The summed E-state index contributed by atoms with van der Waals surface area (Å²) in [7, 11) is 0. The number of rotatable bonds is 7. The van der Waals surface area contributed by atoms with Crippen molar-refractivity contribution in [1.29, 1.82) is 0 Å². The Balaban J connectivity index is 1.66. The molecule has 0 aliphatic rings. The summed E-state index contributed by atoms with van der Waals surface area (Å²) in [6.45, 7) is 2.75. The van der Waals surface area contributed by atoms with Crippen molar-refractivity contribution in [1.82, 2.24) is 10.5 Å². The Hall–Kier alpha value is -2.86. The van der Waals surface area contributed by atoms with Crippen LogP contribution in [0.15, 0.2) is 47.0 Å². The number of aliphatic hydroxyl groups excluding tert-OH is 1. The van der Waals surface area contributed by atoms with Crippen molar-refractivity contribution < 1.29 is 14.4 Å². The van der Waals surface area contributed by atoms with Gasteiger partial charge in [0, 0.05) is 36.1 Å². The lowest BCUT2D eigenvalue weighted by Gasteiger charge is -2.13. The Morgan fingerprint density at radius 3 is 2.84 bits per heavy atom. The maximum atomic E-state index is 12.1. The van der Waals surface area contributed by atoms with Gasteiger partial charge in [0.15, 0.2) is 5.58 Å². The van der Waals surface area contributed by atoms with Crippen LogP contribution in [0.5, 0.6) is 0 Å². The molecule has 2 aromatic carbocycles. The molecule has 3 rings (SSSR count). The molecule has 25 heavy (non-hydrogen) atoms. The molecule has 130 valence electrons. The number of hydrogen-bond acceptors (Lipinski definition) is 5. The zero-order chi connectivity index (χ0) is 17.6. The van der Waals surface area contributed by atoms with E-state index in [9.17, 15) is 4.79 Å². The van der Waals surface area contributed by atoms with E-state index in [0.29, 0.717) is 12.1 Å². The van der Waals surface area contributed by atoms with E-state index in [1.807, 2.05) is 43.3 Å². The average molecular weight is 339 g/mol. The van der Waals surface area contributed by atoms with Crippen LogP contribution in [-0.2, 0) is 6.42 Å². The summed E-state index contributed by atoms with van der Waals surface area (Å²) in [6.07, 6.45) is 0.720. The van der Waals surface area contributed by atoms with Crippen LogP contribution in [0.2, 0.25) is 0 Å². The number of benzene rings is 2. The highest BCUT2D eigenvalue weighted by Gasteiger charge is 2.12. The van der Waals surface area contributed by atoms with E-state index < -0.39 is 0 Å². The number of nitrogens with zero attached hydrogens (tertiary/aromatic N) is 1. The molecule has 0 unspecified atom stereocenters. The summed E-state index contributed by atoms with van der Waals surface area (Å²) >= 11 is 0. The fourth-order valence-corrected chi connectivity index (χ4v) is 2.77. The number of aliphatic hydroxyl groups is 1. The van der Waals surface area contributed by atoms with Gasteiger partial charge in [-0.15, -0.1) is 0 Å². The summed E-state index contributed by atoms with van der Waals surface area (Å²) in [5.74, 6) is -0.183. The highest BCUT2D eigenvalue weighted by molar-refractivity contribution is 5.97. The first kappa shape index (κ1) is 17.0. The molecule has 0 atom stereocenters. The Morgan fingerprint density at radius 2 is 2.00 bits per heavy atom. The molecular weight excluding hydrogens is 318 g/mol. The number of anilines is 1. The van der Waals surface area contributed by atoms with Gasteiger partial charge in [0.2, 0.25) is 0 Å². The predicted octanol–water partition coefficient (Wildman–Crippen LogP) is 2.51. The first-order chi connectivity index (χ1) is 12.2. The number of aromatic nitrogens is 1. The molecule has 0 fully saturated rings. The van der Waals surface area contributed by atoms with E-state index in [4.69, 9.17) is 9.63 Å². The monoisotopic (exact) mass is 339 g/mol. The van der Waals surface area contributed by atoms with Crippen molar-refractivity contribution in [3.05, 3.63) is 59.3 Å². The van der Waals surface area contributed by atoms with Gasteiger partial charge in [-0.3, -0.25) is 4.79 Å². The first-order valence-electron chi connectivity index (χ1n) is 8.26. The number of fused-ring (bicyclic) bond motifs is 1. The third kappa shape index (κ3) is 3.80. The van der Waals surface area contributed by atoms with Crippen LogP contribution in [0, 0.1) is 6.92 Å². The van der Waals surface area contributed by atoms with Gasteiger partial charge in [-0.25, -0.2) is 0 Å². The van der Waals surface area contributed by atoms with Crippen LogP contribution >= 0.6 is 0 Å². The zero-order valence-corrected chi connectivity index (χ0v) is 14.1. The summed E-state index contributed by atoms with van der Waals surface area (Å²) in [5, 5.41) is 20.0. The highest BCUT2D eigenvalue weighted by Crippen LogP contribution is 2.21. The third-order valence-electron chi connectivity index (χ3n) is 4.11. The minimum atomic E-state index is -0.183. The van der Waals surface area contributed by atoms with Crippen molar-refractivity contribution in [3.63, 3.8) is 0 Å². The maximum absolute atomic E-state index is 12.1. The molecule has 0 aliphatic carbocycles. The molecule has 0 saturated heterocycles. The Kier molecular flexibility index (Phi) is 5.30. The fraction of sp³-hybridized carbons (Fsp3) is 0.263. The van der Waals surface area contributed by atoms with Crippen LogP contribution in [0.25, 0.3) is 11.0 Å². The van der Waals surface area contributed by atoms with Crippen LogP contribution in [0.3, 0.4) is 0 Å². The lowest BCUT2D eigenvalue weighted by molar-refractivity contribution is 0.0944. The van der Waals surface area contributed by atoms with Crippen LogP contribution in [0.4, 0.5) is 5.69 Å². The van der Waals surface area contributed by atoms with Crippen LogP contribution in [0.1, 0.15) is 21.6 Å². The first-order valence-corrected chi connectivity index (χ1v) is 8.26. The Morgan fingerprint density at radius 1 is 1.16 bits per heavy atom. The van der Waals surface area contributed by atoms with Gasteiger partial charge in [-0.05, 0) is 36.8 Å². The third-order valence-corrected chi connectivity index (χ3v) is 4.11. The minimum Gasteiger partial charge on any atom is -0.395 e.